The summed E-state index contributed by atoms with van der Waals surface area (Å²) in [5.74, 6) is 1.11. The van der Waals surface area contributed by atoms with Crippen molar-refractivity contribution in [3.05, 3.63) is 29.8 Å². The van der Waals surface area contributed by atoms with E-state index in [2.05, 4.69) is 11.6 Å². The van der Waals surface area contributed by atoms with Crippen LogP contribution in [0, 0.1) is 11.8 Å². The Morgan fingerprint density at radius 2 is 1.85 bits per heavy atom. The number of nitrogen functional groups attached to an aromatic ring is 1. The first-order valence-electron chi connectivity index (χ1n) is 7.28. The summed E-state index contributed by atoms with van der Waals surface area (Å²) >= 11 is 0. The normalized spacial score (nSPS) is 23.6. The van der Waals surface area contributed by atoms with Crippen LogP contribution < -0.4 is 10.5 Å². The number of nitrogens with two attached hydrogens (primary N) is 1. The molecule has 112 valence electrons. The molecule has 1 aromatic carbocycles. The Kier molecular flexibility index (Phi) is 5.05. The Balaban J connectivity index is 1.89. The van der Waals surface area contributed by atoms with Gasteiger partial charge < -0.3 is 5.73 Å². The molecule has 4 nitrogen and oxygen atoms in total. The van der Waals surface area contributed by atoms with Crippen LogP contribution in [0.5, 0.6) is 0 Å². The number of anilines is 1. The second-order valence-electron chi connectivity index (χ2n) is 5.87. The van der Waals surface area contributed by atoms with E-state index in [-0.39, 0.29) is 5.75 Å². The molecule has 0 aromatic heterocycles. The Morgan fingerprint density at radius 1 is 1.20 bits per heavy atom. The number of hydrogen-bond donors (Lipinski definition) is 2. The Hall–Kier alpha value is -1.07. The molecule has 1 aromatic rings. The van der Waals surface area contributed by atoms with Crippen LogP contribution in [0.25, 0.3) is 0 Å². The van der Waals surface area contributed by atoms with Crippen molar-refractivity contribution in [3.63, 3.8) is 0 Å². The maximum Gasteiger partial charge on any atom is 0.215 e. The third-order valence-electron chi connectivity index (χ3n) is 4.19. The van der Waals surface area contributed by atoms with Crippen LogP contribution >= 0.6 is 0 Å². The number of sulfonamides is 1. The molecule has 0 amide bonds. The number of benzene rings is 1. The van der Waals surface area contributed by atoms with Gasteiger partial charge in [0.25, 0.3) is 0 Å². The molecule has 0 bridgehead atoms. The van der Waals surface area contributed by atoms with E-state index in [0.29, 0.717) is 24.1 Å². The first kappa shape index (κ1) is 15.3. The van der Waals surface area contributed by atoms with E-state index in [0.717, 1.165) is 12.0 Å². The highest BCUT2D eigenvalue weighted by molar-refractivity contribution is 7.88. The molecule has 2 atom stereocenters. The largest absolute Gasteiger partial charge is 0.399 e. The van der Waals surface area contributed by atoms with Gasteiger partial charge in [0, 0.05) is 12.2 Å². The monoisotopic (exact) mass is 296 g/mol. The van der Waals surface area contributed by atoms with Gasteiger partial charge in [-0.05, 0) is 36.0 Å². The van der Waals surface area contributed by atoms with Crippen molar-refractivity contribution >= 4 is 15.7 Å². The van der Waals surface area contributed by atoms with Crippen LogP contribution in [0.3, 0.4) is 0 Å². The molecule has 0 spiro atoms. The maximum absolute atomic E-state index is 12.1. The van der Waals surface area contributed by atoms with Crippen molar-refractivity contribution in [2.24, 2.45) is 11.8 Å². The fourth-order valence-electron chi connectivity index (χ4n) is 2.81. The van der Waals surface area contributed by atoms with Crippen LogP contribution in [0.4, 0.5) is 5.69 Å². The summed E-state index contributed by atoms with van der Waals surface area (Å²) in [7, 11) is -3.26. The fourth-order valence-corrected chi connectivity index (χ4v) is 4.02. The van der Waals surface area contributed by atoms with Gasteiger partial charge in [-0.25, -0.2) is 13.1 Å². The van der Waals surface area contributed by atoms with Crippen LogP contribution in [-0.2, 0) is 15.8 Å². The average Bonchev–Trinajstić information content (AvgIpc) is 2.40. The molecule has 1 aliphatic carbocycles. The molecule has 2 unspecified atom stereocenters. The van der Waals surface area contributed by atoms with Gasteiger partial charge in [-0.15, -0.1) is 0 Å². The first-order valence-corrected chi connectivity index (χ1v) is 8.93. The lowest BCUT2D eigenvalue weighted by atomic mass is 9.81. The SMILES string of the molecule is CC1CCCCC1CNS(=O)(=O)Cc1ccc(N)cc1. The Bertz CT molecular complexity index is 525. The fraction of sp³-hybridized carbons (Fsp3) is 0.600. The van der Waals surface area contributed by atoms with E-state index in [1.54, 1.807) is 24.3 Å². The van der Waals surface area contributed by atoms with E-state index in [4.69, 9.17) is 5.73 Å². The zero-order valence-corrected chi connectivity index (χ0v) is 12.8. The molecule has 1 fully saturated rings. The Morgan fingerprint density at radius 3 is 2.50 bits per heavy atom. The predicted octanol–water partition coefficient (Wildman–Crippen LogP) is 2.51. The third-order valence-corrected chi connectivity index (χ3v) is 5.51. The Labute approximate surface area is 121 Å². The number of hydrogen-bond acceptors (Lipinski definition) is 3. The molecule has 0 aliphatic heterocycles. The molecule has 2 rings (SSSR count). The second kappa shape index (κ2) is 6.59. The zero-order valence-electron chi connectivity index (χ0n) is 12.0. The van der Waals surface area contributed by atoms with E-state index >= 15 is 0 Å². The number of rotatable bonds is 5. The van der Waals surface area contributed by atoms with Crippen molar-refractivity contribution < 1.29 is 8.42 Å². The lowest BCUT2D eigenvalue weighted by Crippen LogP contribution is -2.34. The van der Waals surface area contributed by atoms with Crippen molar-refractivity contribution in [3.8, 4) is 0 Å². The van der Waals surface area contributed by atoms with Crippen LogP contribution in [0.1, 0.15) is 38.2 Å². The van der Waals surface area contributed by atoms with Gasteiger partial charge in [0.15, 0.2) is 0 Å². The summed E-state index contributed by atoms with van der Waals surface area (Å²) in [6.45, 7) is 2.79. The van der Waals surface area contributed by atoms with Crippen LogP contribution in [-0.4, -0.2) is 15.0 Å². The number of nitrogens with one attached hydrogen (secondary N) is 1. The standard InChI is InChI=1S/C15H24N2O2S/c1-12-4-2-3-5-14(12)10-17-20(18,19)11-13-6-8-15(16)9-7-13/h6-9,12,14,17H,2-5,10-11,16H2,1H3. The second-order valence-corrected chi connectivity index (χ2v) is 7.68. The summed E-state index contributed by atoms with van der Waals surface area (Å²) in [5, 5.41) is 0. The highest BCUT2D eigenvalue weighted by Gasteiger charge is 2.23. The summed E-state index contributed by atoms with van der Waals surface area (Å²) in [6.07, 6.45) is 4.83. The van der Waals surface area contributed by atoms with Crippen molar-refractivity contribution in [1.82, 2.24) is 4.72 Å². The quantitative estimate of drug-likeness (QED) is 0.820. The third kappa shape index (κ3) is 4.49. The van der Waals surface area contributed by atoms with Gasteiger partial charge >= 0.3 is 0 Å². The molecule has 5 heteroatoms. The molecule has 0 saturated heterocycles. The zero-order chi connectivity index (χ0) is 14.6. The minimum Gasteiger partial charge on any atom is -0.399 e. The maximum atomic E-state index is 12.1. The van der Waals surface area contributed by atoms with Gasteiger partial charge in [0.1, 0.15) is 0 Å². The average molecular weight is 296 g/mol. The summed E-state index contributed by atoms with van der Waals surface area (Å²) in [4.78, 5) is 0. The van der Waals surface area contributed by atoms with E-state index < -0.39 is 10.0 Å². The van der Waals surface area contributed by atoms with Gasteiger partial charge in [-0.2, -0.15) is 0 Å². The molecular weight excluding hydrogens is 272 g/mol. The van der Waals surface area contributed by atoms with E-state index in [1.807, 2.05) is 0 Å². The molecular formula is C15H24N2O2S. The molecule has 1 aliphatic rings. The molecule has 0 radical (unpaired) electrons. The first-order chi connectivity index (χ1) is 9.46. The van der Waals surface area contributed by atoms with E-state index in [1.165, 1.54) is 19.3 Å². The van der Waals surface area contributed by atoms with Gasteiger partial charge in [-0.1, -0.05) is 38.3 Å². The highest BCUT2D eigenvalue weighted by Crippen LogP contribution is 2.29. The minimum absolute atomic E-state index is 0.0222. The van der Waals surface area contributed by atoms with E-state index in [9.17, 15) is 8.42 Å². The summed E-state index contributed by atoms with van der Waals surface area (Å²) in [5.41, 5.74) is 7.01. The summed E-state index contributed by atoms with van der Waals surface area (Å²) in [6, 6.07) is 6.98. The van der Waals surface area contributed by atoms with Gasteiger partial charge in [0.2, 0.25) is 10.0 Å². The van der Waals surface area contributed by atoms with Crippen molar-refractivity contribution in [2.75, 3.05) is 12.3 Å². The van der Waals surface area contributed by atoms with Crippen LogP contribution in [0.15, 0.2) is 24.3 Å². The van der Waals surface area contributed by atoms with Gasteiger partial charge in [0.05, 0.1) is 5.75 Å². The van der Waals surface area contributed by atoms with Crippen molar-refractivity contribution in [1.29, 1.82) is 0 Å². The lowest BCUT2D eigenvalue weighted by molar-refractivity contribution is 0.257. The van der Waals surface area contributed by atoms with Crippen molar-refractivity contribution in [2.45, 2.75) is 38.4 Å². The topological polar surface area (TPSA) is 72.2 Å². The van der Waals surface area contributed by atoms with Gasteiger partial charge in [-0.3, -0.25) is 0 Å². The smallest absolute Gasteiger partial charge is 0.215 e. The molecule has 20 heavy (non-hydrogen) atoms. The highest BCUT2D eigenvalue weighted by atomic mass is 32.2. The molecule has 0 heterocycles. The molecule has 3 N–H and O–H groups in total. The minimum atomic E-state index is -3.26. The lowest BCUT2D eigenvalue weighted by Gasteiger charge is -2.28. The summed E-state index contributed by atoms with van der Waals surface area (Å²) < 4.78 is 26.9. The predicted molar refractivity (Wildman–Crippen MR) is 82.6 cm³/mol. The van der Waals surface area contributed by atoms with Crippen LogP contribution in [0.2, 0.25) is 0 Å². The molecule has 1 saturated carbocycles.